The molecule has 5 heteroatoms. The predicted molar refractivity (Wildman–Crippen MR) is 59.8 cm³/mol. The van der Waals surface area contributed by atoms with Crippen LogP contribution in [0.3, 0.4) is 0 Å². The highest BCUT2D eigenvalue weighted by atomic mass is 16.2. The van der Waals surface area contributed by atoms with Crippen LogP contribution in [0, 0.1) is 0 Å². The second-order valence-corrected chi connectivity index (χ2v) is 4.51. The average Bonchev–Trinajstić information content (AvgIpc) is 2.85. The molecule has 0 radical (unpaired) electrons. The SMILES string of the molecule is CCN(CC1CCCN1)C1CC(=O)NC1=O. The fraction of sp³-hybridized carbons (Fsp3) is 0.818. The number of hydrogen-bond acceptors (Lipinski definition) is 4. The van der Waals surface area contributed by atoms with Crippen LogP contribution in [0.4, 0.5) is 0 Å². The minimum atomic E-state index is -0.250. The molecule has 2 rings (SSSR count). The molecule has 2 heterocycles. The summed E-state index contributed by atoms with van der Waals surface area (Å²) in [5.41, 5.74) is 0. The van der Waals surface area contributed by atoms with Crippen LogP contribution in [0.2, 0.25) is 0 Å². The van der Waals surface area contributed by atoms with Gasteiger partial charge >= 0.3 is 0 Å². The predicted octanol–water partition coefficient (Wildman–Crippen LogP) is -0.525. The first-order valence-electron chi connectivity index (χ1n) is 6.02. The highest BCUT2D eigenvalue weighted by molar-refractivity contribution is 6.05. The highest BCUT2D eigenvalue weighted by Crippen LogP contribution is 2.14. The molecule has 2 atom stereocenters. The van der Waals surface area contributed by atoms with Crippen LogP contribution in [0.5, 0.6) is 0 Å². The molecule has 5 nitrogen and oxygen atoms in total. The van der Waals surface area contributed by atoms with E-state index in [9.17, 15) is 9.59 Å². The van der Waals surface area contributed by atoms with Crippen molar-refractivity contribution in [2.45, 2.75) is 38.3 Å². The lowest BCUT2D eigenvalue weighted by Gasteiger charge is -2.27. The van der Waals surface area contributed by atoms with E-state index < -0.39 is 0 Å². The standard InChI is InChI=1S/C11H19N3O2/c1-2-14(7-8-4-3-5-12-8)9-6-10(15)13-11(9)16/h8-9,12H,2-7H2,1H3,(H,13,15,16). The lowest BCUT2D eigenvalue weighted by molar-refractivity contribution is -0.126. The number of hydrogen-bond donors (Lipinski definition) is 2. The molecule has 2 aliphatic rings. The van der Waals surface area contributed by atoms with Gasteiger partial charge in [0, 0.05) is 12.6 Å². The maximum absolute atomic E-state index is 11.6. The first-order chi connectivity index (χ1) is 7.70. The van der Waals surface area contributed by atoms with Crippen molar-refractivity contribution >= 4 is 11.8 Å². The van der Waals surface area contributed by atoms with Gasteiger partial charge in [-0.3, -0.25) is 19.8 Å². The Morgan fingerprint density at radius 3 is 2.75 bits per heavy atom. The van der Waals surface area contributed by atoms with Crippen molar-refractivity contribution in [3.05, 3.63) is 0 Å². The van der Waals surface area contributed by atoms with Gasteiger partial charge in [0.1, 0.15) is 0 Å². The quantitative estimate of drug-likeness (QED) is 0.632. The van der Waals surface area contributed by atoms with Crippen LogP contribution in [0.1, 0.15) is 26.2 Å². The maximum atomic E-state index is 11.6. The Labute approximate surface area is 95.6 Å². The smallest absolute Gasteiger partial charge is 0.244 e. The van der Waals surface area contributed by atoms with Crippen LogP contribution < -0.4 is 10.6 Å². The summed E-state index contributed by atoms with van der Waals surface area (Å²) in [6.07, 6.45) is 2.69. The second kappa shape index (κ2) is 4.93. The van der Waals surface area contributed by atoms with Gasteiger partial charge in [0.15, 0.2) is 0 Å². The summed E-state index contributed by atoms with van der Waals surface area (Å²) in [5.74, 6) is -0.280. The Morgan fingerprint density at radius 1 is 1.44 bits per heavy atom. The van der Waals surface area contributed by atoms with Crippen molar-refractivity contribution in [3.63, 3.8) is 0 Å². The minimum absolute atomic E-state index is 0.134. The normalized spacial score (nSPS) is 30.1. The molecule has 2 fully saturated rings. The van der Waals surface area contributed by atoms with Gasteiger partial charge in [-0.1, -0.05) is 6.92 Å². The molecule has 0 saturated carbocycles. The number of carbonyl (C=O) groups excluding carboxylic acids is 2. The van der Waals surface area contributed by atoms with Crippen molar-refractivity contribution in [3.8, 4) is 0 Å². The first kappa shape index (κ1) is 11.5. The van der Waals surface area contributed by atoms with Gasteiger partial charge in [0.2, 0.25) is 11.8 Å². The molecule has 0 aromatic carbocycles. The monoisotopic (exact) mass is 225 g/mol. The van der Waals surface area contributed by atoms with Crippen LogP contribution in [0.15, 0.2) is 0 Å². The highest BCUT2D eigenvalue weighted by Gasteiger charge is 2.35. The average molecular weight is 225 g/mol. The van der Waals surface area contributed by atoms with E-state index in [1.807, 2.05) is 6.92 Å². The molecular formula is C11H19N3O2. The van der Waals surface area contributed by atoms with E-state index >= 15 is 0 Å². The summed E-state index contributed by atoms with van der Waals surface area (Å²) in [7, 11) is 0. The van der Waals surface area contributed by atoms with Crippen molar-refractivity contribution in [1.29, 1.82) is 0 Å². The molecule has 2 aliphatic heterocycles. The van der Waals surface area contributed by atoms with Crippen LogP contribution in [-0.2, 0) is 9.59 Å². The topological polar surface area (TPSA) is 61.4 Å². The summed E-state index contributed by atoms with van der Waals surface area (Å²) >= 11 is 0. The summed E-state index contributed by atoms with van der Waals surface area (Å²) < 4.78 is 0. The summed E-state index contributed by atoms with van der Waals surface area (Å²) in [5, 5.41) is 5.78. The van der Waals surface area contributed by atoms with Gasteiger partial charge in [-0.25, -0.2) is 0 Å². The third kappa shape index (κ3) is 2.41. The fourth-order valence-corrected chi connectivity index (χ4v) is 2.51. The Kier molecular flexibility index (Phi) is 3.56. The zero-order valence-corrected chi connectivity index (χ0v) is 9.66. The minimum Gasteiger partial charge on any atom is -0.313 e. The molecular weight excluding hydrogens is 206 g/mol. The van der Waals surface area contributed by atoms with Crippen molar-refractivity contribution in [1.82, 2.24) is 15.5 Å². The number of nitrogens with zero attached hydrogens (tertiary/aromatic N) is 1. The Hall–Kier alpha value is -0.940. The fourth-order valence-electron chi connectivity index (χ4n) is 2.51. The maximum Gasteiger partial charge on any atom is 0.244 e. The van der Waals surface area contributed by atoms with Gasteiger partial charge in [-0.15, -0.1) is 0 Å². The van der Waals surface area contributed by atoms with Crippen LogP contribution >= 0.6 is 0 Å². The molecule has 2 amide bonds. The molecule has 0 aromatic heterocycles. The molecule has 2 unspecified atom stereocenters. The zero-order valence-electron chi connectivity index (χ0n) is 9.66. The molecule has 0 aromatic rings. The summed E-state index contributed by atoms with van der Waals surface area (Å²) in [4.78, 5) is 24.8. The Balaban J connectivity index is 1.93. The molecule has 0 bridgehead atoms. The first-order valence-corrected chi connectivity index (χ1v) is 6.02. The van der Waals surface area contributed by atoms with E-state index in [4.69, 9.17) is 0 Å². The molecule has 0 spiro atoms. The number of amides is 2. The number of likely N-dealkylation sites (N-methyl/N-ethyl adjacent to an activating group) is 1. The van der Waals surface area contributed by atoms with E-state index in [0.29, 0.717) is 12.5 Å². The van der Waals surface area contributed by atoms with E-state index in [0.717, 1.165) is 19.6 Å². The van der Waals surface area contributed by atoms with E-state index in [-0.39, 0.29) is 17.9 Å². The zero-order chi connectivity index (χ0) is 11.5. The molecule has 90 valence electrons. The largest absolute Gasteiger partial charge is 0.313 e. The third-order valence-corrected chi connectivity index (χ3v) is 3.41. The van der Waals surface area contributed by atoms with Gasteiger partial charge in [0.25, 0.3) is 0 Å². The lowest BCUT2D eigenvalue weighted by atomic mass is 10.1. The molecule has 2 saturated heterocycles. The second-order valence-electron chi connectivity index (χ2n) is 4.51. The molecule has 2 N–H and O–H groups in total. The van der Waals surface area contributed by atoms with Crippen molar-refractivity contribution < 1.29 is 9.59 Å². The number of imide groups is 1. The van der Waals surface area contributed by atoms with E-state index in [1.165, 1.54) is 12.8 Å². The number of carbonyl (C=O) groups is 2. The summed E-state index contributed by atoms with van der Waals surface area (Å²) in [6, 6.07) is 0.225. The third-order valence-electron chi connectivity index (χ3n) is 3.41. The van der Waals surface area contributed by atoms with Gasteiger partial charge < -0.3 is 5.32 Å². The van der Waals surface area contributed by atoms with Crippen LogP contribution in [-0.4, -0.2) is 48.4 Å². The Bertz CT molecular complexity index is 287. The van der Waals surface area contributed by atoms with E-state index in [2.05, 4.69) is 15.5 Å². The van der Waals surface area contributed by atoms with Crippen molar-refractivity contribution in [2.75, 3.05) is 19.6 Å². The Morgan fingerprint density at radius 2 is 2.25 bits per heavy atom. The summed E-state index contributed by atoms with van der Waals surface area (Å²) in [6.45, 7) is 4.77. The molecule has 16 heavy (non-hydrogen) atoms. The van der Waals surface area contributed by atoms with Gasteiger partial charge in [-0.2, -0.15) is 0 Å². The van der Waals surface area contributed by atoms with Gasteiger partial charge in [-0.05, 0) is 25.9 Å². The number of nitrogens with one attached hydrogen (secondary N) is 2. The van der Waals surface area contributed by atoms with Crippen molar-refractivity contribution in [2.24, 2.45) is 0 Å². The van der Waals surface area contributed by atoms with E-state index in [1.54, 1.807) is 0 Å². The van der Waals surface area contributed by atoms with Gasteiger partial charge in [0.05, 0.1) is 12.5 Å². The lowest BCUT2D eigenvalue weighted by Crippen LogP contribution is -2.46. The number of rotatable bonds is 4. The molecule has 0 aliphatic carbocycles. The van der Waals surface area contributed by atoms with Crippen LogP contribution in [0.25, 0.3) is 0 Å².